The quantitative estimate of drug-likeness (QED) is 0.0849. The topological polar surface area (TPSA) is 46.6 Å². The Morgan fingerprint density at radius 3 is 0.634 bits per heavy atom. The van der Waals surface area contributed by atoms with E-state index in [4.69, 9.17) is 18.9 Å². The van der Waals surface area contributed by atoms with Crippen LogP contribution in [0.2, 0.25) is 0 Å². The van der Waals surface area contributed by atoms with Crippen molar-refractivity contribution in [1.82, 2.24) is 0 Å². The number of rotatable bonds is 18. The summed E-state index contributed by atoms with van der Waals surface area (Å²) in [5.41, 5.74) is 11.8. The fourth-order valence-electron chi connectivity index (χ4n) is 9.70. The molecule has 8 aromatic carbocycles. The number of nitrogens with zero attached hydrogens (tertiary/aromatic N) is 3. The number of hydrogen-bond donors (Lipinski definition) is 0. The van der Waals surface area contributed by atoms with E-state index in [2.05, 4.69) is 215 Å². The van der Waals surface area contributed by atoms with Crippen molar-refractivity contribution >= 4 is 51.2 Å². The standard InChI is InChI=1S/C64H61N3O4/c1-2-8-46(9-3-1)47-18-20-48(21-19-47)65(49-22-26-51(27-23-49)66(53-30-38-61(39-31-53)68-57-10-4-11-57)54-32-40-62(41-33-54)69-58-12-5-13-58)50-24-28-52(29-25-50)67(55-34-42-63(43-35-55)70-59-14-6-15-59)56-36-44-64(45-37-56)71-60-16-7-17-60/h1-3,8-9,18-45,57-60H,4-7,10-17H2. The van der Waals surface area contributed by atoms with Gasteiger partial charge in [0.2, 0.25) is 0 Å². The van der Waals surface area contributed by atoms with Crippen LogP contribution < -0.4 is 33.6 Å². The molecule has 0 unspecified atom stereocenters. The van der Waals surface area contributed by atoms with Crippen LogP contribution in [0.25, 0.3) is 11.1 Å². The van der Waals surface area contributed by atoms with E-state index < -0.39 is 0 Å². The highest BCUT2D eigenvalue weighted by Crippen LogP contribution is 2.43. The van der Waals surface area contributed by atoms with Crippen molar-refractivity contribution < 1.29 is 18.9 Å². The van der Waals surface area contributed by atoms with E-state index in [9.17, 15) is 0 Å². The number of hydrogen-bond acceptors (Lipinski definition) is 7. The van der Waals surface area contributed by atoms with Gasteiger partial charge in [-0.1, -0.05) is 42.5 Å². The van der Waals surface area contributed by atoms with E-state index in [0.717, 1.165) is 126 Å². The average Bonchev–Trinajstić information content (AvgIpc) is 3.37. The second kappa shape index (κ2) is 20.4. The highest BCUT2D eigenvalue weighted by Gasteiger charge is 2.24. The van der Waals surface area contributed by atoms with Crippen LogP contribution in [0.3, 0.4) is 0 Å². The third-order valence-electron chi connectivity index (χ3n) is 14.8. The van der Waals surface area contributed by atoms with Crippen LogP contribution in [-0.2, 0) is 0 Å². The first-order valence-corrected chi connectivity index (χ1v) is 25.9. The maximum absolute atomic E-state index is 6.28. The predicted octanol–water partition coefficient (Wildman–Crippen LogP) is 17.5. The van der Waals surface area contributed by atoms with E-state index in [0.29, 0.717) is 24.4 Å². The molecule has 7 nitrogen and oxygen atoms in total. The molecule has 0 atom stereocenters. The van der Waals surface area contributed by atoms with Gasteiger partial charge < -0.3 is 33.6 Å². The minimum Gasteiger partial charge on any atom is -0.490 e. The molecule has 7 heteroatoms. The van der Waals surface area contributed by atoms with Gasteiger partial charge in [-0.3, -0.25) is 0 Å². The molecule has 0 heterocycles. The van der Waals surface area contributed by atoms with Crippen LogP contribution in [0.5, 0.6) is 23.0 Å². The summed E-state index contributed by atoms with van der Waals surface area (Å²) in [6.45, 7) is 0. The predicted molar refractivity (Wildman–Crippen MR) is 289 cm³/mol. The molecule has 0 aromatic heterocycles. The van der Waals surface area contributed by atoms with Crippen LogP contribution in [0.4, 0.5) is 51.2 Å². The van der Waals surface area contributed by atoms with Crippen LogP contribution in [-0.4, -0.2) is 24.4 Å². The van der Waals surface area contributed by atoms with Crippen LogP contribution >= 0.6 is 0 Å². The molecule has 0 aliphatic heterocycles. The zero-order chi connectivity index (χ0) is 47.3. The summed E-state index contributed by atoms with van der Waals surface area (Å²) in [6.07, 6.45) is 15.3. The molecule has 0 amide bonds. The molecule has 4 saturated carbocycles. The molecule has 71 heavy (non-hydrogen) atoms. The van der Waals surface area contributed by atoms with Gasteiger partial charge in [0.1, 0.15) is 23.0 Å². The maximum atomic E-state index is 6.28. The molecular formula is C64H61N3O4. The molecule has 0 spiro atoms. The smallest absolute Gasteiger partial charge is 0.119 e. The monoisotopic (exact) mass is 935 g/mol. The Morgan fingerprint density at radius 2 is 0.423 bits per heavy atom. The minimum absolute atomic E-state index is 0.322. The molecular weight excluding hydrogens is 875 g/mol. The number of ether oxygens (including phenoxy) is 4. The Morgan fingerprint density at radius 1 is 0.225 bits per heavy atom. The Kier molecular flexibility index (Phi) is 12.8. The van der Waals surface area contributed by atoms with Crippen molar-refractivity contribution in [3.05, 3.63) is 200 Å². The SMILES string of the molecule is c1ccc(-c2ccc(N(c3ccc(N(c4ccc(OC5CCC5)cc4)c4ccc(OC5CCC5)cc4)cc3)c3ccc(N(c4ccc(OC5CCC5)cc4)c4ccc(OC5CCC5)cc4)cc3)cc2)cc1. The van der Waals surface area contributed by atoms with Gasteiger partial charge in [0.05, 0.1) is 24.4 Å². The highest BCUT2D eigenvalue weighted by molar-refractivity contribution is 5.84. The Hall–Kier alpha value is -7.64. The van der Waals surface area contributed by atoms with E-state index in [1.165, 1.54) is 36.8 Å². The lowest BCUT2D eigenvalue weighted by Crippen LogP contribution is -2.24. The van der Waals surface area contributed by atoms with Gasteiger partial charge in [-0.15, -0.1) is 0 Å². The van der Waals surface area contributed by atoms with Gasteiger partial charge in [0.15, 0.2) is 0 Å². The molecule has 0 radical (unpaired) electrons. The summed E-state index contributed by atoms with van der Waals surface area (Å²) in [5.74, 6) is 3.66. The van der Waals surface area contributed by atoms with Gasteiger partial charge in [0.25, 0.3) is 0 Å². The fourth-order valence-corrected chi connectivity index (χ4v) is 9.70. The largest absolute Gasteiger partial charge is 0.490 e. The van der Waals surface area contributed by atoms with E-state index >= 15 is 0 Å². The lowest BCUT2D eigenvalue weighted by Gasteiger charge is -2.30. The summed E-state index contributed by atoms with van der Waals surface area (Å²) in [7, 11) is 0. The molecule has 4 fully saturated rings. The molecule has 0 bridgehead atoms. The summed E-state index contributed by atoms with van der Waals surface area (Å²) in [6, 6.07) is 71.5. The highest BCUT2D eigenvalue weighted by atomic mass is 16.5. The molecule has 4 aliphatic rings. The van der Waals surface area contributed by atoms with Crippen molar-refractivity contribution in [3.8, 4) is 34.1 Å². The normalized spacial score (nSPS) is 15.8. The number of benzene rings is 8. The Bertz CT molecular complexity index is 2680. The first kappa shape index (κ1) is 44.6. The molecule has 356 valence electrons. The van der Waals surface area contributed by atoms with Crippen molar-refractivity contribution in [3.63, 3.8) is 0 Å². The maximum Gasteiger partial charge on any atom is 0.119 e. The summed E-state index contributed by atoms with van der Waals surface area (Å²) >= 11 is 0. The molecule has 8 aromatic rings. The van der Waals surface area contributed by atoms with Gasteiger partial charge in [-0.05, 0) is 246 Å². The van der Waals surface area contributed by atoms with E-state index in [1.54, 1.807) is 0 Å². The van der Waals surface area contributed by atoms with Crippen molar-refractivity contribution in [1.29, 1.82) is 0 Å². The molecule has 4 aliphatic carbocycles. The fraction of sp³-hybridized carbons (Fsp3) is 0.250. The van der Waals surface area contributed by atoms with Crippen molar-refractivity contribution in [2.24, 2.45) is 0 Å². The second-order valence-corrected chi connectivity index (χ2v) is 19.6. The lowest BCUT2D eigenvalue weighted by atomic mass is 9.96. The Balaban J connectivity index is 0.883. The summed E-state index contributed by atoms with van der Waals surface area (Å²) in [4.78, 5) is 6.96. The minimum atomic E-state index is 0.322. The van der Waals surface area contributed by atoms with E-state index in [-0.39, 0.29) is 0 Å². The van der Waals surface area contributed by atoms with Gasteiger partial charge in [0, 0.05) is 51.2 Å². The van der Waals surface area contributed by atoms with Crippen LogP contribution in [0.1, 0.15) is 77.0 Å². The first-order valence-electron chi connectivity index (χ1n) is 25.9. The zero-order valence-electron chi connectivity index (χ0n) is 40.3. The average molecular weight is 936 g/mol. The van der Waals surface area contributed by atoms with Crippen LogP contribution in [0, 0.1) is 0 Å². The van der Waals surface area contributed by atoms with Gasteiger partial charge in [-0.2, -0.15) is 0 Å². The van der Waals surface area contributed by atoms with Gasteiger partial charge >= 0.3 is 0 Å². The lowest BCUT2D eigenvalue weighted by molar-refractivity contribution is 0.120. The number of anilines is 9. The zero-order valence-corrected chi connectivity index (χ0v) is 40.3. The van der Waals surface area contributed by atoms with Crippen molar-refractivity contribution in [2.45, 2.75) is 101 Å². The second-order valence-electron chi connectivity index (χ2n) is 19.6. The third kappa shape index (κ3) is 10.0. The third-order valence-corrected chi connectivity index (χ3v) is 14.8. The van der Waals surface area contributed by atoms with Crippen molar-refractivity contribution in [2.75, 3.05) is 14.7 Å². The molecule has 12 rings (SSSR count). The summed E-state index contributed by atoms with van der Waals surface area (Å²) < 4.78 is 25.1. The Labute approximate surface area is 418 Å². The van der Waals surface area contributed by atoms with Crippen LogP contribution in [0.15, 0.2) is 200 Å². The summed E-state index contributed by atoms with van der Waals surface area (Å²) in [5, 5.41) is 0. The first-order chi connectivity index (χ1) is 35.1. The molecule has 0 N–H and O–H groups in total. The molecule has 0 saturated heterocycles. The van der Waals surface area contributed by atoms with Gasteiger partial charge in [-0.25, -0.2) is 0 Å². The van der Waals surface area contributed by atoms with E-state index in [1.807, 2.05) is 0 Å².